The molecule has 0 unspecified atom stereocenters. The van der Waals surface area contributed by atoms with Crippen molar-refractivity contribution < 1.29 is 8.42 Å². The number of rotatable bonds is 5. The molecular formula is C18H15N3O2S3. The van der Waals surface area contributed by atoms with Gasteiger partial charge in [-0.1, -0.05) is 17.8 Å². The summed E-state index contributed by atoms with van der Waals surface area (Å²) in [4.78, 5) is 5.47. The van der Waals surface area contributed by atoms with Crippen LogP contribution in [0.5, 0.6) is 0 Å². The second kappa shape index (κ2) is 7.50. The fraction of sp³-hybridized carbons (Fsp3) is 0.111. The summed E-state index contributed by atoms with van der Waals surface area (Å²) >= 11 is 3.12. The Labute approximate surface area is 160 Å². The van der Waals surface area contributed by atoms with Crippen molar-refractivity contribution in [2.24, 2.45) is 0 Å². The first kappa shape index (κ1) is 18.5. The molecule has 0 atom stereocenters. The van der Waals surface area contributed by atoms with Gasteiger partial charge in [0, 0.05) is 16.0 Å². The van der Waals surface area contributed by atoms with Crippen LogP contribution in [-0.2, 0) is 10.0 Å². The topological polar surface area (TPSA) is 82.9 Å². The first-order valence-corrected chi connectivity index (χ1v) is 10.8. The van der Waals surface area contributed by atoms with Crippen LogP contribution < -0.4 is 4.72 Å². The molecule has 0 radical (unpaired) electrons. The molecule has 1 heterocycles. The molecule has 1 aromatic heterocycles. The van der Waals surface area contributed by atoms with Gasteiger partial charge in [0.15, 0.2) is 4.34 Å². The molecule has 0 aliphatic rings. The molecule has 132 valence electrons. The minimum Gasteiger partial charge on any atom is -0.279 e. The van der Waals surface area contributed by atoms with Gasteiger partial charge in [-0.25, -0.2) is 13.4 Å². The molecule has 0 saturated carbocycles. The lowest BCUT2D eigenvalue weighted by Crippen LogP contribution is -2.13. The maximum atomic E-state index is 12.6. The van der Waals surface area contributed by atoms with E-state index in [9.17, 15) is 8.42 Å². The zero-order chi connectivity index (χ0) is 18.7. The molecule has 0 saturated heterocycles. The standard InChI is InChI=1S/C18H15N3O2S3/c1-12-8-15(25-18-20-13(2)11-24-18)6-7-17(12)21-26(22,23)16-5-3-4-14(9-16)10-19/h3-9,11,21H,1-2H3. The number of sulfonamides is 1. The van der Waals surface area contributed by atoms with Gasteiger partial charge in [0.1, 0.15) is 0 Å². The average Bonchev–Trinajstić information content (AvgIpc) is 3.02. The minimum absolute atomic E-state index is 0.0627. The molecule has 3 aromatic rings. The largest absolute Gasteiger partial charge is 0.279 e. The van der Waals surface area contributed by atoms with E-state index in [0.29, 0.717) is 11.3 Å². The summed E-state index contributed by atoms with van der Waals surface area (Å²) in [6, 6.07) is 13.4. The van der Waals surface area contributed by atoms with Crippen molar-refractivity contribution in [3.05, 3.63) is 64.7 Å². The van der Waals surface area contributed by atoms with Gasteiger partial charge >= 0.3 is 0 Å². The fourth-order valence-corrected chi connectivity index (χ4v) is 5.32. The number of anilines is 1. The van der Waals surface area contributed by atoms with Crippen LogP contribution in [0.2, 0.25) is 0 Å². The van der Waals surface area contributed by atoms with Crippen molar-refractivity contribution in [2.45, 2.75) is 28.0 Å². The molecule has 8 heteroatoms. The van der Waals surface area contributed by atoms with Gasteiger partial charge in [0.25, 0.3) is 10.0 Å². The van der Waals surface area contributed by atoms with Gasteiger partial charge in [0.2, 0.25) is 0 Å². The van der Waals surface area contributed by atoms with Crippen LogP contribution in [0, 0.1) is 25.2 Å². The number of aromatic nitrogens is 1. The predicted molar refractivity (Wildman–Crippen MR) is 104 cm³/mol. The Morgan fingerprint density at radius 1 is 1.19 bits per heavy atom. The summed E-state index contributed by atoms with van der Waals surface area (Å²) in [5.74, 6) is 0. The molecule has 3 rings (SSSR count). The molecule has 0 spiro atoms. The van der Waals surface area contributed by atoms with Gasteiger partial charge in [-0.15, -0.1) is 11.3 Å². The first-order valence-electron chi connectivity index (χ1n) is 7.61. The number of nitrogens with zero attached hydrogens (tertiary/aromatic N) is 2. The molecule has 2 aromatic carbocycles. The maximum Gasteiger partial charge on any atom is 0.261 e. The number of nitrogens with one attached hydrogen (secondary N) is 1. The zero-order valence-electron chi connectivity index (χ0n) is 14.1. The molecule has 0 amide bonds. The molecule has 5 nitrogen and oxygen atoms in total. The number of hydrogen-bond acceptors (Lipinski definition) is 6. The summed E-state index contributed by atoms with van der Waals surface area (Å²) in [5.41, 5.74) is 2.60. The van der Waals surface area contributed by atoms with E-state index in [1.165, 1.54) is 12.1 Å². The van der Waals surface area contributed by atoms with Crippen molar-refractivity contribution in [3.8, 4) is 6.07 Å². The monoisotopic (exact) mass is 401 g/mol. The summed E-state index contributed by atoms with van der Waals surface area (Å²) in [5, 5.41) is 10.9. The Balaban J connectivity index is 1.82. The number of nitriles is 1. The smallest absolute Gasteiger partial charge is 0.261 e. The minimum atomic E-state index is -3.76. The number of hydrogen-bond donors (Lipinski definition) is 1. The Kier molecular flexibility index (Phi) is 5.32. The van der Waals surface area contributed by atoms with Crippen LogP contribution in [0.25, 0.3) is 0 Å². The second-order valence-corrected chi connectivity index (χ2v) is 9.44. The maximum absolute atomic E-state index is 12.6. The summed E-state index contributed by atoms with van der Waals surface area (Å²) < 4.78 is 28.7. The van der Waals surface area contributed by atoms with Gasteiger partial charge in [-0.3, -0.25) is 4.72 Å². The molecule has 0 aliphatic heterocycles. The third-order valence-corrected chi connectivity index (χ3v) is 6.93. The number of thiazole rings is 1. The van der Waals surface area contributed by atoms with Crippen molar-refractivity contribution in [3.63, 3.8) is 0 Å². The van der Waals surface area contributed by atoms with E-state index in [-0.39, 0.29) is 4.90 Å². The van der Waals surface area contributed by atoms with Crippen molar-refractivity contribution in [1.29, 1.82) is 5.26 Å². The van der Waals surface area contributed by atoms with Gasteiger partial charge in [-0.05, 0) is 55.8 Å². The van der Waals surface area contributed by atoms with Gasteiger partial charge in [0.05, 0.1) is 22.2 Å². The first-order chi connectivity index (χ1) is 12.4. The third-order valence-electron chi connectivity index (χ3n) is 3.52. The Hall–Kier alpha value is -2.34. The molecule has 0 bridgehead atoms. The van der Waals surface area contributed by atoms with Gasteiger partial charge in [-0.2, -0.15) is 5.26 Å². The highest BCUT2D eigenvalue weighted by atomic mass is 32.2. The quantitative estimate of drug-likeness (QED) is 0.676. The highest BCUT2D eigenvalue weighted by molar-refractivity contribution is 8.01. The lowest BCUT2D eigenvalue weighted by Gasteiger charge is -2.12. The summed E-state index contributed by atoms with van der Waals surface area (Å²) in [6.45, 7) is 3.80. The third kappa shape index (κ3) is 4.25. The van der Waals surface area contributed by atoms with E-state index in [2.05, 4.69) is 9.71 Å². The molecule has 0 fully saturated rings. The summed E-state index contributed by atoms with van der Waals surface area (Å²) in [7, 11) is -3.76. The fourth-order valence-electron chi connectivity index (χ4n) is 2.23. The lowest BCUT2D eigenvalue weighted by molar-refractivity contribution is 0.601. The Morgan fingerprint density at radius 2 is 2.00 bits per heavy atom. The zero-order valence-corrected chi connectivity index (χ0v) is 16.5. The lowest BCUT2D eigenvalue weighted by atomic mass is 10.2. The SMILES string of the molecule is Cc1csc(Sc2ccc(NS(=O)(=O)c3cccc(C#N)c3)c(C)c2)n1. The highest BCUT2D eigenvalue weighted by Gasteiger charge is 2.16. The van der Waals surface area contributed by atoms with Crippen molar-refractivity contribution in [2.75, 3.05) is 4.72 Å². The van der Waals surface area contributed by atoms with Gasteiger partial charge < -0.3 is 0 Å². The molecule has 26 heavy (non-hydrogen) atoms. The van der Waals surface area contributed by atoms with E-state index in [0.717, 1.165) is 20.5 Å². The molecule has 0 aliphatic carbocycles. The van der Waals surface area contributed by atoms with Crippen LogP contribution in [0.15, 0.2) is 62.0 Å². The van der Waals surface area contributed by atoms with Crippen LogP contribution in [0.1, 0.15) is 16.8 Å². The highest BCUT2D eigenvalue weighted by Crippen LogP contribution is 2.32. The second-order valence-electron chi connectivity index (χ2n) is 5.58. The number of benzene rings is 2. The summed E-state index contributed by atoms with van der Waals surface area (Å²) in [6.07, 6.45) is 0. The van der Waals surface area contributed by atoms with Crippen molar-refractivity contribution in [1.82, 2.24) is 4.98 Å². The Bertz CT molecular complexity index is 1100. The van der Waals surface area contributed by atoms with E-state index in [4.69, 9.17) is 5.26 Å². The van der Waals surface area contributed by atoms with E-state index < -0.39 is 10.0 Å². The van der Waals surface area contributed by atoms with Crippen LogP contribution in [-0.4, -0.2) is 13.4 Å². The predicted octanol–water partition coefficient (Wildman–Crippen LogP) is 4.58. The van der Waals surface area contributed by atoms with Crippen LogP contribution >= 0.6 is 23.1 Å². The normalized spacial score (nSPS) is 11.1. The number of aryl methyl sites for hydroxylation is 2. The van der Waals surface area contributed by atoms with E-state index >= 15 is 0 Å². The molecule has 1 N–H and O–H groups in total. The molecular weight excluding hydrogens is 386 g/mol. The Morgan fingerprint density at radius 3 is 2.65 bits per heavy atom. The van der Waals surface area contributed by atoms with Crippen LogP contribution in [0.4, 0.5) is 5.69 Å². The van der Waals surface area contributed by atoms with E-state index in [1.54, 1.807) is 41.3 Å². The van der Waals surface area contributed by atoms with Crippen molar-refractivity contribution >= 4 is 38.8 Å². The van der Waals surface area contributed by atoms with Crippen LogP contribution in [0.3, 0.4) is 0 Å². The van der Waals surface area contributed by atoms with E-state index in [1.807, 2.05) is 37.4 Å². The average molecular weight is 402 g/mol.